The lowest BCUT2D eigenvalue weighted by Crippen LogP contribution is -2.27. The molecule has 7 heteroatoms. The molecule has 0 aliphatic heterocycles. The Balaban J connectivity index is 1.78. The first-order valence-electron chi connectivity index (χ1n) is 8.78. The molecule has 0 spiro atoms. The number of carbonyl (C=O) groups excluding carboxylic acids is 3. The number of hydrogen-bond acceptors (Lipinski definition) is 5. The molecule has 2 aromatic carbocycles. The van der Waals surface area contributed by atoms with E-state index in [0.29, 0.717) is 16.9 Å². The highest BCUT2D eigenvalue weighted by Crippen LogP contribution is 2.16. The highest BCUT2D eigenvalue weighted by molar-refractivity contribution is 6.08. The molecule has 0 atom stereocenters. The lowest BCUT2D eigenvalue weighted by molar-refractivity contribution is 0.0600. The van der Waals surface area contributed by atoms with Crippen molar-refractivity contribution in [2.45, 2.75) is 0 Å². The first kappa shape index (κ1) is 19.8. The Morgan fingerprint density at radius 1 is 0.931 bits per heavy atom. The molecule has 7 nitrogen and oxygen atoms in total. The summed E-state index contributed by atoms with van der Waals surface area (Å²) in [6.07, 6.45) is 1.41. The van der Waals surface area contributed by atoms with Gasteiger partial charge in [0.2, 0.25) is 0 Å². The van der Waals surface area contributed by atoms with Crippen LogP contribution in [0.25, 0.3) is 0 Å². The van der Waals surface area contributed by atoms with E-state index in [9.17, 15) is 14.4 Å². The summed E-state index contributed by atoms with van der Waals surface area (Å²) >= 11 is 0. The molecule has 1 heterocycles. The number of ether oxygens (including phenoxy) is 1. The molecular formula is C22H19N3O4. The maximum atomic E-state index is 12.7. The number of hydrogen-bond donors (Lipinski definition) is 1. The van der Waals surface area contributed by atoms with Crippen LogP contribution in [0.5, 0.6) is 0 Å². The first-order valence-corrected chi connectivity index (χ1v) is 8.78. The summed E-state index contributed by atoms with van der Waals surface area (Å²) in [5.74, 6) is -1.26. The van der Waals surface area contributed by atoms with E-state index in [4.69, 9.17) is 0 Å². The van der Waals surface area contributed by atoms with E-state index in [1.165, 1.54) is 36.4 Å². The normalized spacial score (nSPS) is 10.1. The van der Waals surface area contributed by atoms with Crippen molar-refractivity contribution in [3.05, 3.63) is 89.7 Å². The van der Waals surface area contributed by atoms with Gasteiger partial charge in [-0.25, -0.2) is 4.79 Å². The second-order valence-corrected chi connectivity index (χ2v) is 6.16. The van der Waals surface area contributed by atoms with Gasteiger partial charge in [0.1, 0.15) is 5.69 Å². The molecule has 0 aliphatic carbocycles. The van der Waals surface area contributed by atoms with Crippen molar-refractivity contribution < 1.29 is 19.1 Å². The van der Waals surface area contributed by atoms with Crippen LogP contribution in [0.15, 0.2) is 72.9 Å². The van der Waals surface area contributed by atoms with Crippen LogP contribution < -0.4 is 10.2 Å². The average Bonchev–Trinajstić information content (AvgIpc) is 2.78. The number of para-hydroxylation sites is 1. The molecule has 0 unspecified atom stereocenters. The maximum absolute atomic E-state index is 12.7. The third-order valence-electron chi connectivity index (χ3n) is 4.23. The third kappa shape index (κ3) is 4.65. The molecule has 3 rings (SSSR count). The summed E-state index contributed by atoms with van der Waals surface area (Å²) in [7, 11) is 2.93. The van der Waals surface area contributed by atoms with Gasteiger partial charge in [0.15, 0.2) is 0 Å². The van der Waals surface area contributed by atoms with Crippen LogP contribution in [-0.4, -0.2) is 36.9 Å². The van der Waals surface area contributed by atoms with Gasteiger partial charge in [0.05, 0.1) is 12.7 Å². The minimum Gasteiger partial charge on any atom is -0.465 e. The zero-order valence-electron chi connectivity index (χ0n) is 16.0. The molecule has 1 aromatic heterocycles. The molecule has 0 bridgehead atoms. The number of pyridine rings is 1. The SMILES string of the molecule is COC(=O)c1cccc(NC(=O)c2ccnc(C(=O)N(C)c3ccccc3)c2)c1. The van der Waals surface area contributed by atoms with Crippen molar-refractivity contribution in [3.63, 3.8) is 0 Å². The fourth-order valence-corrected chi connectivity index (χ4v) is 2.67. The van der Waals surface area contributed by atoms with E-state index in [-0.39, 0.29) is 17.2 Å². The molecule has 2 amide bonds. The van der Waals surface area contributed by atoms with Gasteiger partial charge in [0.25, 0.3) is 11.8 Å². The molecule has 0 radical (unpaired) electrons. The Kier molecular flexibility index (Phi) is 5.99. The predicted octanol–water partition coefficient (Wildman–Crippen LogP) is 3.40. The number of aromatic nitrogens is 1. The van der Waals surface area contributed by atoms with Crippen LogP contribution in [0.3, 0.4) is 0 Å². The molecule has 0 aliphatic rings. The summed E-state index contributed by atoms with van der Waals surface area (Å²) in [4.78, 5) is 42.5. The van der Waals surface area contributed by atoms with E-state index in [2.05, 4.69) is 15.0 Å². The van der Waals surface area contributed by atoms with Crippen LogP contribution in [-0.2, 0) is 4.74 Å². The minimum atomic E-state index is -0.498. The number of amides is 2. The number of carbonyl (C=O) groups is 3. The van der Waals surface area contributed by atoms with Crippen molar-refractivity contribution >= 4 is 29.2 Å². The predicted molar refractivity (Wildman–Crippen MR) is 109 cm³/mol. The summed E-state index contributed by atoms with van der Waals surface area (Å²) in [6, 6.07) is 18.5. The van der Waals surface area contributed by atoms with E-state index in [0.717, 1.165) is 0 Å². The molecule has 29 heavy (non-hydrogen) atoms. The molecule has 3 aromatic rings. The fraction of sp³-hybridized carbons (Fsp3) is 0.0909. The van der Waals surface area contributed by atoms with E-state index >= 15 is 0 Å². The van der Waals surface area contributed by atoms with Crippen molar-refractivity contribution in [2.24, 2.45) is 0 Å². The second kappa shape index (κ2) is 8.79. The fourth-order valence-electron chi connectivity index (χ4n) is 2.67. The number of benzene rings is 2. The van der Waals surface area contributed by atoms with E-state index in [1.807, 2.05) is 30.3 Å². The zero-order chi connectivity index (χ0) is 20.8. The number of methoxy groups -OCH3 is 1. The van der Waals surface area contributed by atoms with Gasteiger partial charge in [-0.15, -0.1) is 0 Å². The third-order valence-corrected chi connectivity index (χ3v) is 4.23. The van der Waals surface area contributed by atoms with Gasteiger partial charge in [0, 0.05) is 30.2 Å². The van der Waals surface area contributed by atoms with E-state index < -0.39 is 11.9 Å². The molecular weight excluding hydrogens is 370 g/mol. The van der Waals surface area contributed by atoms with Gasteiger partial charge >= 0.3 is 5.97 Å². The Hall–Kier alpha value is -4.00. The van der Waals surface area contributed by atoms with Crippen LogP contribution in [0.2, 0.25) is 0 Å². The van der Waals surface area contributed by atoms with Crippen LogP contribution >= 0.6 is 0 Å². The van der Waals surface area contributed by atoms with Gasteiger partial charge in [-0.3, -0.25) is 14.6 Å². The standard InChI is InChI=1S/C22H19N3O4/c1-25(18-9-4-3-5-10-18)21(27)19-14-15(11-12-23-19)20(26)24-17-8-6-7-16(13-17)22(28)29-2/h3-14H,1-2H3,(H,24,26). The Morgan fingerprint density at radius 2 is 1.69 bits per heavy atom. The summed E-state index contributed by atoms with van der Waals surface area (Å²) < 4.78 is 4.68. The Bertz CT molecular complexity index is 1050. The smallest absolute Gasteiger partial charge is 0.337 e. The molecule has 0 saturated carbocycles. The van der Waals surface area contributed by atoms with Crippen molar-refractivity contribution in [2.75, 3.05) is 24.4 Å². The number of nitrogens with zero attached hydrogens (tertiary/aromatic N) is 2. The van der Waals surface area contributed by atoms with Crippen LogP contribution in [0.4, 0.5) is 11.4 Å². The molecule has 0 saturated heterocycles. The number of anilines is 2. The van der Waals surface area contributed by atoms with Gasteiger partial charge in [-0.05, 0) is 42.5 Å². The average molecular weight is 389 g/mol. The van der Waals surface area contributed by atoms with Gasteiger partial charge in [-0.2, -0.15) is 0 Å². The monoisotopic (exact) mass is 389 g/mol. The van der Waals surface area contributed by atoms with Crippen molar-refractivity contribution in [3.8, 4) is 0 Å². The zero-order valence-corrected chi connectivity index (χ0v) is 16.0. The van der Waals surface area contributed by atoms with Gasteiger partial charge < -0.3 is 15.0 Å². The number of rotatable bonds is 5. The summed E-state index contributed by atoms with van der Waals surface area (Å²) in [5.41, 5.74) is 1.89. The molecule has 146 valence electrons. The first-order chi connectivity index (χ1) is 14.0. The highest BCUT2D eigenvalue weighted by Gasteiger charge is 2.17. The highest BCUT2D eigenvalue weighted by atomic mass is 16.5. The Morgan fingerprint density at radius 3 is 2.41 bits per heavy atom. The quantitative estimate of drug-likeness (QED) is 0.676. The number of esters is 1. The second-order valence-electron chi connectivity index (χ2n) is 6.16. The minimum absolute atomic E-state index is 0.146. The lowest BCUT2D eigenvalue weighted by atomic mass is 10.1. The van der Waals surface area contributed by atoms with Crippen LogP contribution in [0, 0.1) is 0 Å². The summed E-state index contributed by atoms with van der Waals surface area (Å²) in [5, 5.41) is 2.71. The lowest BCUT2D eigenvalue weighted by Gasteiger charge is -2.17. The Labute approximate surface area is 167 Å². The van der Waals surface area contributed by atoms with Crippen molar-refractivity contribution in [1.29, 1.82) is 0 Å². The topological polar surface area (TPSA) is 88.6 Å². The van der Waals surface area contributed by atoms with Crippen molar-refractivity contribution in [1.82, 2.24) is 4.98 Å². The van der Waals surface area contributed by atoms with Gasteiger partial charge in [-0.1, -0.05) is 24.3 Å². The molecule has 1 N–H and O–H groups in total. The van der Waals surface area contributed by atoms with Crippen LogP contribution in [0.1, 0.15) is 31.2 Å². The largest absolute Gasteiger partial charge is 0.465 e. The summed E-state index contributed by atoms with van der Waals surface area (Å²) in [6.45, 7) is 0. The van der Waals surface area contributed by atoms with E-state index in [1.54, 1.807) is 25.2 Å². The number of nitrogens with one attached hydrogen (secondary N) is 1. The molecule has 0 fully saturated rings. The maximum Gasteiger partial charge on any atom is 0.337 e.